The summed E-state index contributed by atoms with van der Waals surface area (Å²) in [7, 11) is 0. The van der Waals surface area contributed by atoms with Gasteiger partial charge in [-0.05, 0) is 74.9 Å². The molecule has 0 aliphatic carbocycles. The third-order valence-electron chi connectivity index (χ3n) is 7.66. The van der Waals surface area contributed by atoms with Crippen LogP contribution in [-0.4, -0.2) is 79.0 Å². The average Bonchev–Trinajstić information content (AvgIpc) is 3.19. The monoisotopic (exact) mass is 478 g/mol. The van der Waals surface area contributed by atoms with Gasteiger partial charge >= 0.3 is 0 Å². The summed E-state index contributed by atoms with van der Waals surface area (Å²) in [6, 6.07) is 4.95. The van der Waals surface area contributed by atoms with Gasteiger partial charge in [-0.25, -0.2) is 0 Å². The fourth-order valence-electron chi connectivity index (χ4n) is 5.64. The van der Waals surface area contributed by atoms with E-state index >= 15 is 0 Å². The van der Waals surface area contributed by atoms with Crippen LogP contribution in [0.15, 0.2) is 18.2 Å². The molecule has 1 aromatic carbocycles. The number of nitrogens with one attached hydrogen (secondary N) is 2. The van der Waals surface area contributed by atoms with E-state index in [9.17, 15) is 14.4 Å². The normalized spacial score (nSPS) is 24.2. The maximum absolute atomic E-state index is 12.8. The van der Waals surface area contributed by atoms with E-state index in [1.807, 2.05) is 12.1 Å². The lowest BCUT2D eigenvalue weighted by Gasteiger charge is -2.35. The molecule has 0 aromatic heterocycles. The molecule has 1 aromatic rings. The summed E-state index contributed by atoms with van der Waals surface area (Å²) in [5.41, 5.74) is 2.31. The summed E-state index contributed by atoms with van der Waals surface area (Å²) in [5.74, 6) is 6.27. The average molecular weight is 479 g/mol. The van der Waals surface area contributed by atoms with E-state index in [1.54, 1.807) is 11.0 Å². The van der Waals surface area contributed by atoms with E-state index in [0.29, 0.717) is 25.1 Å². The van der Waals surface area contributed by atoms with Crippen molar-refractivity contribution in [3.8, 4) is 11.8 Å². The van der Waals surface area contributed by atoms with Crippen molar-refractivity contribution in [1.29, 1.82) is 0 Å². The van der Waals surface area contributed by atoms with Crippen molar-refractivity contribution >= 4 is 17.7 Å². The van der Waals surface area contributed by atoms with Crippen molar-refractivity contribution < 1.29 is 19.1 Å². The van der Waals surface area contributed by atoms with E-state index in [0.717, 1.165) is 56.1 Å². The minimum absolute atomic E-state index is 0.163. The number of carbonyl (C=O) groups is 3. The van der Waals surface area contributed by atoms with Crippen LogP contribution >= 0.6 is 0 Å². The van der Waals surface area contributed by atoms with Gasteiger partial charge in [0.05, 0.1) is 6.10 Å². The number of nitrogens with zero attached hydrogens (tertiary/aromatic N) is 2. The largest absolute Gasteiger partial charge is 0.365 e. The number of carbonyl (C=O) groups excluding carboxylic acids is 3. The summed E-state index contributed by atoms with van der Waals surface area (Å²) >= 11 is 0. The van der Waals surface area contributed by atoms with Crippen LogP contribution in [0.4, 0.5) is 0 Å². The van der Waals surface area contributed by atoms with Crippen LogP contribution in [0.1, 0.15) is 60.0 Å². The molecule has 0 spiro atoms. The maximum Gasteiger partial charge on any atom is 0.255 e. The summed E-state index contributed by atoms with van der Waals surface area (Å²) in [6.07, 6.45) is 5.59. The van der Waals surface area contributed by atoms with Crippen molar-refractivity contribution in [1.82, 2.24) is 20.4 Å². The molecule has 1 unspecified atom stereocenters. The Morgan fingerprint density at radius 1 is 1.03 bits per heavy atom. The van der Waals surface area contributed by atoms with E-state index in [1.165, 1.54) is 19.4 Å². The number of amides is 3. The summed E-state index contributed by atoms with van der Waals surface area (Å²) in [4.78, 5) is 40.6. The quantitative estimate of drug-likeness (QED) is 0.490. The van der Waals surface area contributed by atoms with E-state index in [4.69, 9.17) is 4.74 Å². The summed E-state index contributed by atoms with van der Waals surface area (Å²) in [5, 5.41) is 5.77. The zero-order valence-electron chi connectivity index (χ0n) is 20.2. The summed E-state index contributed by atoms with van der Waals surface area (Å²) < 4.78 is 6.02. The molecule has 4 heterocycles. The van der Waals surface area contributed by atoms with E-state index in [-0.39, 0.29) is 24.3 Å². The lowest BCUT2D eigenvalue weighted by molar-refractivity contribution is -0.136. The number of fused-ring (bicyclic) bond motifs is 1. The second-order valence-corrected chi connectivity index (χ2v) is 10.1. The Morgan fingerprint density at radius 3 is 2.60 bits per heavy atom. The fraction of sp³-hybridized carbons (Fsp3) is 0.593. The topological polar surface area (TPSA) is 91.0 Å². The minimum Gasteiger partial charge on any atom is -0.365 e. The number of piperidine rings is 3. The van der Waals surface area contributed by atoms with Crippen LogP contribution in [0, 0.1) is 17.8 Å². The molecule has 4 aliphatic heterocycles. The highest BCUT2D eigenvalue weighted by atomic mass is 16.5. The minimum atomic E-state index is -0.596. The van der Waals surface area contributed by atoms with Gasteiger partial charge in [-0.3, -0.25) is 19.7 Å². The molecule has 8 nitrogen and oxygen atoms in total. The van der Waals surface area contributed by atoms with E-state index in [2.05, 4.69) is 27.4 Å². The molecular formula is C27H34N4O4. The Kier molecular flexibility index (Phi) is 7.47. The number of hydrogen-bond donors (Lipinski definition) is 2. The molecule has 0 radical (unpaired) electrons. The number of benzene rings is 1. The van der Waals surface area contributed by atoms with Crippen LogP contribution in [0.25, 0.3) is 0 Å². The van der Waals surface area contributed by atoms with Crippen molar-refractivity contribution in [2.45, 2.75) is 57.2 Å². The molecular weight excluding hydrogens is 444 g/mol. The second kappa shape index (κ2) is 10.9. The Labute approximate surface area is 206 Å². The predicted octanol–water partition coefficient (Wildman–Crippen LogP) is 1.28. The zero-order valence-corrected chi connectivity index (χ0v) is 20.2. The number of hydrogen-bond acceptors (Lipinski definition) is 6. The molecule has 3 amide bonds. The third-order valence-corrected chi connectivity index (χ3v) is 7.66. The summed E-state index contributed by atoms with van der Waals surface area (Å²) in [6.45, 7) is 6.49. The van der Waals surface area contributed by atoms with Crippen LogP contribution in [0.5, 0.6) is 0 Å². The lowest BCUT2D eigenvalue weighted by atomic mass is 9.96. The molecule has 0 bridgehead atoms. The Balaban J connectivity index is 1.08. The first kappa shape index (κ1) is 24.0. The smallest absolute Gasteiger partial charge is 0.255 e. The zero-order chi connectivity index (χ0) is 24.2. The van der Waals surface area contributed by atoms with Gasteiger partial charge in [-0.2, -0.15) is 0 Å². The SMILES string of the molecule is O=C1CCC(N2Cc3cc(C#CCOC4CCN(CC5CCNCC5)CC4)ccc3C2=O)C(=O)N1. The maximum atomic E-state index is 12.8. The Hall–Kier alpha value is -2.73. The van der Waals surface area contributed by atoms with Crippen LogP contribution in [0.3, 0.4) is 0 Å². The lowest BCUT2D eigenvalue weighted by Crippen LogP contribution is -2.52. The number of likely N-dealkylation sites (tertiary alicyclic amines) is 1. The third kappa shape index (κ3) is 5.75. The van der Waals surface area contributed by atoms with Gasteiger partial charge in [0.2, 0.25) is 11.8 Å². The van der Waals surface area contributed by atoms with Crippen molar-refractivity contribution in [2.24, 2.45) is 5.92 Å². The predicted molar refractivity (Wildman–Crippen MR) is 130 cm³/mol. The van der Waals surface area contributed by atoms with Crippen molar-refractivity contribution in [2.75, 3.05) is 39.3 Å². The van der Waals surface area contributed by atoms with Gasteiger partial charge < -0.3 is 19.9 Å². The van der Waals surface area contributed by atoms with Crippen LogP contribution in [-0.2, 0) is 20.9 Å². The van der Waals surface area contributed by atoms with Crippen molar-refractivity contribution in [3.63, 3.8) is 0 Å². The van der Waals surface area contributed by atoms with E-state index < -0.39 is 11.9 Å². The molecule has 3 fully saturated rings. The molecule has 3 saturated heterocycles. The second-order valence-electron chi connectivity index (χ2n) is 10.1. The van der Waals surface area contributed by atoms with Crippen LogP contribution in [0.2, 0.25) is 0 Å². The standard InChI is InChI=1S/C27H34N4O4/c32-25-6-5-24(26(33)29-25)31-18-21-16-19(3-4-23(21)27(31)34)2-1-15-35-22-9-13-30(14-10-22)17-20-7-11-28-12-8-20/h3-4,16,20,22,24,28H,5-15,17-18H2,(H,29,32,33). The number of imide groups is 1. The molecule has 4 aliphatic rings. The highest BCUT2D eigenvalue weighted by Gasteiger charge is 2.39. The van der Waals surface area contributed by atoms with Gasteiger partial charge in [-0.15, -0.1) is 0 Å². The molecule has 186 valence electrons. The Bertz CT molecular complexity index is 1030. The molecule has 1 atom stereocenters. The first-order valence-electron chi connectivity index (χ1n) is 12.9. The number of ether oxygens (including phenoxy) is 1. The molecule has 2 N–H and O–H groups in total. The van der Waals surface area contributed by atoms with Gasteiger partial charge in [0.15, 0.2) is 0 Å². The highest BCUT2D eigenvalue weighted by Crippen LogP contribution is 2.28. The van der Waals surface area contributed by atoms with Gasteiger partial charge in [0.25, 0.3) is 5.91 Å². The van der Waals surface area contributed by atoms with Gasteiger partial charge in [0.1, 0.15) is 12.6 Å². The first-order chi connectivity index (χ1) is 17.1. The fourth-order valence-corrected chi connectivity index (χ4v) is 5.64. The molecule has 8 heteroatoms. The van der Waals surface area contributed by atoms with Crippen LogP contribution < -0.4 is 10.6 Å². The number of rotatable bonds is 5. The Morgan fingerprint density at radius 2 is 1.83 bits per heavy atom. The molecule has 5 rings (SSSR count). The molecule has 0 saturated carbocycles. The van der Waals surface area contributed by atoms with Gasteiger partial charge in [-0.1, -0.05) is 11.8 Å². The van der Waals surface area contributed by atoms with Crippen molar-refractivity contribution in [3.05, 3.63) is 34.9 Å². The van der Waals surface area contributed by atoms with Gasteiger partial charge in [0, 0.05) is 43.7 Å². The molecule has 35 heavy (non-hydrogen) atoms. The first-order valence-corrected chi connectivity index (χ1v) is 12.9. The highest BCUT2D eigenvalue weighted by molar-refractivity contribution is 6.05.